The number of hydrogen-bond acceptors (Lipinski definition) is 4. The predicted molar refractivity (Wildman–Crippen MR) is 101 cm³/mol. The van der Waals surface area contributed by atoms with Crippen LogP contribution in [0.15, 0.2) is 60.7 Å². The second kappa shape index (κ2) is 6.65. The van der Waals surface area contributed by atoms with E-state index >= 15 is 0 Å². The summed E-state index contributed by atoms with van der Waals surface area (Å²) in [5, 5.41) is 9.81. The topological polar surface area (TPSA) is 79.4 Å². The van der Waals surface area contributed by atoms with Crippen molar-refractivity contribution < 1.29 is 9.53 Å². The number of anilines is 1. The largest absolute Gasteiger partial charge is 0.423 e. The van der Waals surface area contributed by atoms with Crippen molar-refractivity contribution >= 4 is 28.3 Å². The Balaban J connectivity index is 1.93. The van der Waals surface area contributed by atoms with Crippen LogP contribution >= 0.6 is 0 Å². The first-order chi connectivity index (χ1) is 12.0. The van der Waals surface area contributed by atoms with E-state index in [-0.39, 0.29) is 11.4 Å². The normalized spacial score (nSPS) is 10.5. The standard InChI is InChI=1S/C20H19N3O2/c1-23(2)15-8-10-17(18(12-15)19(21)22)20(24)25-16-9-7-13-5-3-4-6-14(13)11-16/h3-12H,1-2H3,(H3,21,22). The second-order valence-electron chi connectivity index (χ2n) is 5.94. The van der Waals surface area contributed by atoms with E-state index in [1.54, 1.807) is 24.3 Å². The van der Waals surface area contributed by atoms with Crippen molar-refractivity contribution in [1.82, 2.24) is 0 Å². The van der Waals surface area contributed by atoms with E-state index < -0.39 is 5.97 Å². The molecule has 3 N–H and O–H groups in total. The van der Waals surface area contributed by atoms with Crippen molar-refractivity contribution in [2.45, 2.75) is 0 Å². The molecule has 0 fully saturated rings. The molecular weight excluding hydrogens is 314 g/mol. The number of fused-ring (bicyclic) bond motifs is 1. The lowest BCUT2D eigenvalue weighted by Crippen LogP contribution is -2.20. The second-order valence-corrected chi connectivity index (χ2v) is 5.94. The first kappa shape index (κ1) is 16.5. The number of esters is 1. The Kier molecular flexibility index (Phi) is 4.39. The summed E-state index contributed by atoms with van der Waals surface area (Å²) in [6.07, 6.45) is 0. The molecule has 5 heteroatoms. The molecule has 0 bridgehead atoms. The lowest BCUT2D eigenvalue weighted by molar-refractivity contribution is 0.0735. The highest BCUT2D eigenvalue weighted by Gasteiger charge is 2.17. The molecular formula is C20H19N3O2. The van der Waals surface area contributed by atoms with E-state index in [4.69, 9.17) is 15.9 Å². The molecule has 0 aliphatic heterocycles. The molecule has 3 aromatic rings. The van der Waals surface area contributed by atoms with E-state index in [0.29, 0.717) is 11.3 Å². The fourth-order valence-electron chi connectivity index (χ4n) is 2.60. The van der Waals surface area contributed by atoms with Gasteiger partial charge in [-0.25, -0.2) is 4.79 Å². The van der Waals surface area contributed by atoms with Crippen LogP contribution in [0.25, 0.3) is 10.8 Å². The number of carbonyl (C=O) groups excluding carboxylic acids is 1. The summed E-state index contributed by atoms with van der Waals surface area (Å²) in [6.45, 7) is 0. The number of benzene rings is 3. The van der Waals surface area contributed by atoms with Crippen molar-refractivity contribution in [3.63, 3.8) is 0 Å². The predicted octanol–water partition coefficient (Wildman–Crippen LogP) is 3.41. The maximum Gasteiger partial charge on any atom is 0.344 e. The SMILES string of the molecule is CN(C)c1ccc(C(=O)Oc2ccc3ccccc3c2)c(C(=N)N)c1. The molecule has 0 unspecified atom stereocenters. The minimum absolute atomic E-state index is 0.172. The third-order valence-corrected chi connectivity index (χ3v) is 3.96. The summed E-state index contributed by atoms with van der Waals surface area (Å²) in [5.41, 5.74) is 7.13. The van der Waals surface area contributed by atoms with Gasteiger partial charge < -0.3 is 15.4 Å². The highest BCUT2D eigenvalue weighted by Crippen LogP contribution is 2.23. The van der Waals surface area contributed by atoms with Crippen LogP contribution in [0.5, 0.6) is 5.75 Å². The van der Waals surface area contributed by atoms with E-state index in [0.717, 1.165) is 16.5 Å². The van der Waals surface area contributed by atoms with E-state index in [9.17, 15) is 4.79 Å². The van der Waals surface area contributed by atoms with Gasteiger partial charge in [0.25, 0.3) is 0 Å². The number of nitrogens with one attached hydrogen (secondary N) is 1. The maximum atomic E-state index is 12.6. The minimum Gasteiger partial charge on any atom is -0.423 e. The Morgan fingerprint density at radius 2 is 1.68 bits per heavy atom. The highest BCUT2D eigenvalue weighted by atomic mass is 16.5. The monoisotopic (exact) mass is 333 g/mol. The van der Waals surface area contributed by atoms with E-state index in [1.807, 2.05) is 55.4 Å². The molecule has 0 aliphatic rings. The molecule has 0 aromatic heterocycles. The summed E-state index contributed by atoms with van der Waals surface area (Å²) < 4.78 is 5.49. The van der Waals surface area contributed by atoms with Gasteiger partial charge in [0.05, 0.1) is 5.56 Å². The summed E-state index contributed by atoms with van der Waals surface area (Å²) in [5.74, 6) is -0.255. The quantitative estimate of drug-likeness (QED) is 0.332. The number of ether oxygens (including phenoxy) is 1. The summed E-state index contributed by atoms with van der Waals surface area (Å²) >= 11 is 0. The van der Waals surface area contributed by atoms with Crippen LogP contribution in [-0.4, -0.2) is 25.9 Å². The van der Waals surface area contributed by atoms with Crippen LogP contribution < -0.4 is 15.4 Å². The molecule has 25 heavy (non-hydrogen) atoms. The van der Waals surface area contributed by atoms with Gasteiger partial charge in [0.2, 0.25) is 0 Å². The van der Waals surface area contributed by atoms with Gasteiger partial charge in [0, 0.05) is 25.3 Å². The van der Waals surface area contributed by atoms with Gasteiger partial charge in [0.15, 0.2) is 0 Å². The zero-order chi connectivity index (χ0) is 18.0. The van der Waals surface area contributed by atoms with Crippen LogP contribution in [-0.2, 0) is 0 Å². The van der Waals surface area contributed by atoms with Gasteiger partial charge >= 0.3 is 5.97 Å². The zero-order valence-electron chi connectivity index (χ0n) is 14.1. The van der Waals surface area contributed by atoms with Crippen molar-refractivity contribution in [2.75, 3.05) is 19.0 Å². The van der Waals surface area contributed by atoms with Crippen LogP contribution in [0.1, 0.15) is 15.9 Å². The summed E-state index contributed by atoms with van der Waals surface area (Å²) in [7, 11) is 3.76. The molecule has 3 rings (SSSR count). The number of nitrogen functional groups attached to an aromatic ring is 1. The molecule has 3 aromatic carbocycles. The third-order valence-electron chi connectivity index (χ3n) is 3.96. The first-order valence-electron chi connectivity index (χ1n) is 7.82. The fourth-order valence-corrected chi connectivity index (χ4v) is 2.60. The molecule has 0 spiro atoms. The molecule has 0 heterocycles. The van der Waals surface area contributed by atoms with Crippen LogP contribution in [0.2, 0.25) is 0 Å². The number of hydrogen-bond donors (Lipinski definition) is 2. The van der Waals surface area contributed by atoms with Crippen LogP contribution in [0, 0.1) is 5.41 Å². The lowest BCUT2D eigenvalue weighted by atomic mass is 10.1. The number of rotatable bonds is 4. The molecule has 0 saturated carbocycles. The summed E-state index contributed by atoms with van der Waals surface area (Å²) in [4.78, 5) is 14.4. The van der Waals surface area contributed by atoms with Gasteiger partial charge in [-0.15, -0.1) is 0 Å². The lowest BCUT2D eigenvalue weighted by Gasteiger charge is -2.15. The van der Waals surface area contributed by atoms with E-state index in [1.165, 1.54) is 0 Å². The van der Waals surface area contributed by atoms with E-state index in [2.05, 4.69) is 0 Å². The third kappa shape index (κ3) is 3.45. The number of nitrogens with two attached hydrogens (primary N) is 1. The van der Waals surface area contributed by atoms with Crippen molar-refractivity contribution in [2.24, 2.45) is 5.73 Å². The van der Waals surface area contributed by atoms with Crippen LogP contribution in [0.4, 0.5) is 5.69 Å². The van der Waals surface area contributed by atoms with Gasteiger partial charge in [-0.1, -0.05) is 30.3 Å². The minimum atomic E-state index is -0.536. The number of amidine groups is 1. The molecule has 5 nitrogen and oxygen atoms in total. The van der Waals surface area contributed by atoms with Crippen molar-refractivity contribution in [3.05, 3.63) is 71.8 Å². The Bertz CT molecular complexity index is 964. The highest BCUT2D eigenvalue weighted by molar-refractivity contribution is 6.07. The number of nitrogens with zero attached hydrogens (tertiary/aromatic N) is 1. The maximum absolute atomic E-state index is 12.6. The van der Waals surface area contributed by atoms with Crippen molar-refractivity contribution in [1.29, 1.82) is 5.41 Å². The average molecular weight is 333 g/mol. The molecule has 0 amide bonds. The Labute approximate surface area is 146 Å². The van der Waals surface area contributed by atoms with Gasteiger partial charge in [0.1, 0.15) is 11.6 Å². The average Bonchev–Trinajstić information content (AvgIpc) is 2.60. The smallest absolute Gasteiger partial charge is 0.344 e. The Morgan fingerprint density at radius 1 is 0.960 bits per heavy atom. The number of carbonyl (C=O) groups is 1. The molecule has 0 aliphatic carbocycles. The van der Waals surface area contributed by atoms with Crippen LogP contribution in [0.3, 0.4) is 0 Å². The first-order valence-corrected chi connectivity index (χ1v) is 7.82. The van der Waals surface area contributed by atoms with Gasteiger partial charge in [-0.2, -0.15) is 0 Å². The molecule has 0 saturated heterocycles. The van der Waals surface area contributed by atoms with Crippen molar-refractivity contribution in [3.8, 4) is 5.75 Å². The van der Waals surface area contributed by atoms with Gasteiger partial charge in [-0.05, 0) is 41.1 Å². The zero-order valence-corrected chi connectivity index (χ0v) is 14.1. The molecule has 126 valence electrons. The van der Waals surface area contributed by atoms with Gasteiger partial charge in [-0.3, -0.25) is 5.41 Å². The summed E-state index contributed by atoms with van der Waals surface area (Å²) in [6, 6.07) is 18.4. The Morgan fingerprint density at radius 3 is 2.36 bits per heavy atom. The Hall–Kier alpha value is -3.34. The fraction of sp³-hybridized carbons (Fsp3) is 0.100. The molecule has 0 atom stereocenters. The molecule has 0 radical (unpaired) electrons.